The fourth-order valence-corrected chi connectivity index (χ4v) is 5.39. The van der Waals surface area contributed by atoms with Gasteiger partial charge in [-0.3, -0.25) is 4.79 Å². The monoisotopic (exact) mass is 630 g/mol. The van der Waals surface area contributed by atoms with Gasteiger partial charge in [0.1, 0.15) is 11.3 Å². The van der Waals surface area contributed by atoms with Crippen molar-refractivity contribution in [3.05, 3.63) is 36.5 Å². The van der Waals surface area contributed by atoms with Crippen molar-refractivity contribution in [2.24, 2.45) is 11.7 Å². The molecule has 0 amide bonds. The molecule has 232 valence electrons. The van der Waals surface area contributed by atoms with Crippen LogP contribution in [0.25, 0.3) is 21.4 Å². The van der Waals surface area contributed by atoms with Crippen LogP contribution >= 0.6 is 24.2 Å². The van der Waals surface area contributed by atoms with E-state index < -0.39 is 6.36 Å². The number of anilines is 2. The van der Waals surface area contributed by atoms with Crippen molar-refractivity contribution >= 4 is 63.1 Å². The number of hydrogen-bond acceptors (Lipinski definition) is 10. The first-order chi connectivity index (χ1) is 20.0. The van der Waals surface area contributed by atoms with Crippen molar-refractivity contribution < 1.29 is 32.9 Å². The van der Waals surface area contributed by atoms with Gasteiger partial charge in [0.05, 0.1) is 16.3 Å². The third-order valence-electron chi connectivity index (χ3n) is 5.89. The number of nitrogens with one attached hydrogen (secondary N) is 1. The van der Waals surface area contributed by atoms with E-state index in [2.05, 4.69) is 44.7 Å². The molecule has 0 aliphatic carbocycles. The Labute approximate surface area is 251 Å². The predicted octanol–water partition coefficient (Wildman–Crippen LogP) is 6.77. The van der Waals surface area contributed by atoms with Gasteiger partial charge in [0.15, 0.2) is 10.8 Å². The topological polar surface area (TPSA) is 148 Å². The summed E-state index contributed by atoms with van der Waals surface area (Å²) >= 11 is 5.51. The number of carboxylic acid groups (broad SMARTS) is 1. The maximum absolute atomic E-state index is 12.3. The fourth-order valence-electron chi connectivity index (χ4n) is 4.26. The van der Waals surface area contributed by atoms with Crippen molar-refractivity contribution in [3.63, 3.8) is 0 Å². The zero-order valence-electron chi connectivity index (χ0n) is 23.4. The molecule has 0 spiro atoms. The minimum absolute atomic E-state index is 0.138. The van der Waals surface area contributed by atoms with Crippen LogP contribution in [0.1, 0.15) is 58.8 Å². The number of thiazole rings is 1. The van der Waals surface area contributed by atoms with Crippen molar-refractivity contribution in [2.75, 3.05) is 11.9 Å². The first kappa shape index (κ1) is 35.1. The Hall–Kier alpha value is -3.14. The number of imidazole rings is 1. The minimum atomic E-state index is -4.73. The number of alkyl halides is 3. The highest BCUT2D eigenvalue weighted by Gasteiger charge is 2.31. The van der Waals surface area contributed by atoms with Crippen LogP contribution in [0.2, 0.25) is 0 Å². The highest BCUT2D eigenvalue weighted by atomic mass is 32.1. The lowest BCUT2D eigenvalue weighted by atomic mass is 9.91. The number of unbranched alkanes of at least 4 members (excludes halogenated alkanes) is 2. The van der Waals surface area contributed by atoms with Crippen LogP contribution < -0.4 is 15.8 Å². The summed E-state index contributed by atoms with van der Waals surface area (Å²) < 4.78 is 42.9. The fraction of sp³-hybridized carbons (Fsp3) is 0.481. The molecular weight excluding hydrogens is 593 g/mol. The number of aromatic nitrogens is 4. The molecule has 1 aromatic carbocycles. The van der Waals surface area contributed by atoms with Crippen LogP contribution in [0, 0.1) is 5.92 Å². The van der Waals surface area contributed by atoms with Crippen LogP contribution in [0.4, 0.5) is 24.3 Å². The molecule has 0 saturated heterocycles. The molecule has 3 aromatic heterocycles. The second kappa shape index (κ2) is 17.7. The van der Waals surface area contributed by atoms with Crippen LogP contribution in [0.3, 0.4) is 0 Å². The number of aliphatic hydroxyl groups is 1. The summed E-state index contributed by atoms with van der Waals surface area (Å²) in [6, 6.07) is 7.52. The van der Waals surface area contributed by atoms with Gasteiger partial charge in [-0.1, -0.05) is 63.2 Å². The third-order valence-corrected chi connectivity index (χ3v) is 7.21. The van der Waals surface area contributed by atoms with Crippen molar-refractivity contribution in [2.45, 2.75) is 71.3 Å². The molecule has 0 radical (unpaired) electrons. The number of nitrogens with two attached hydrogens (primary N) is 1. The molecule has 0 bridgehead atoms. The number of thiol groups is 1. The van der Waals surface area contributed by atoms with Gasteiger partial charge in [-0.15, -0.1) is 13.2 Å². The standard InChI is InChI=1S/C14H8F3N5OS2.C12H27NO.CH2O2/c15-14(16,17)23-7-3-4-8-10(6-7)25-13(20-8)21-12-19-9-2-1-5-18-11(9)22(12)24;1-3-7-12(10-11(2)14)8-5-4-6-9-13;2-1-3/h1-6,24H,(H,19,20,21);11-12,14H,3-10,13H2,1-2H3;1H,(H,2,3). The lowest BCUT2D eigenvalue weighted by molar-refractivity contribution is -0.274. The maximum atomic E-state index is 12.3. The van der Waals surface area contributed by atoms with Gasteiger partial charge in [-0.2, -0.15) is 0 Å². The van der Waals surface area contributed by atoms with E-state index in [0.29, 0.717) is 32.5 Å². The van der Waals surface area contributed by atoms with Gasteiger partial charge >= 0.3 is 6.36 Å². The van der Waals surface area contributed by atoms with E-state index in [1.165, 1.54) is 65.6 Å². The van der Waals surface area contributed by atoms with Crippen molar-refractivity contribution in [3.8, 4) is 5.75 Å². The summed E-state index contributed by atoms with van der Waals surface area (Å²) in [4.78, 5) is 21.2. The summed E-state index contributed by atoms with van der Waals surface area (Å²) in [5.74, 6) is 0.835. The summed E-state index contributed by atoms with van der Waals surface area (Å²) in [5, 5.41) is 19.7. The zero-order chi connectivity index (χ0) is 31.1. The van der Waals surface area contributed by atoms with Gasteiger partial charge in [-0.25, -0.2) is 18.9 Å². The van der Waals surface area contributed by atoms with Crippen LogP contribution in [0.5, 0.6) is 5.75 Å². The number of halogens is 3. The summed E-state index contributed by atoms with van der Waals surface area (Å²) in [6.45, 7) is 4.67. The summed E-state index contributed by atoms with van der Waals surface area (Å²) in [6.07, 6.45) is 5.14. The predicted molar refractivity (Wildman–Crippen MR) is 162 cm³/mol. The molecule has 10 nitrogen and oxygen atoms in total. The summed E-state index contributed by atoms with van der Waals surface area (Å²) in [5.41, 5.74) is 7.22. The SMILES string of the molecule is CCCC(CCCCCN)CC(C)O.FC(F)(F)Oc1ccc2nc(Nc3nc4cccnc4n3S)sc2c1.O=CO. The number of ether oxygens (including phenoxy) is 1. The van der Waals surface area contributed by atoms with E-state index in [1.807, 2.05) is 6.92 Å². The molecule has 0 aliphatic heterocycles. The van der Waals surface area contributed by atoms with Gasteiger partial charge in [0, 0.05) is 12.3 Å². The molecular formula is C27H37F3N6O4S2. The molecule has 3 heterocycles. The number of nitrogens with zero attached hydrogens (tertiary/aromatic N) is 4. The Morgan fingerprint density at radius 2 is 1.93 bits per heavy atom. The second-order valence-electron chi connectivity index (χ2n) is 9.40. The lowest BCUT2D eigenvalue weighted by Crippen LogP contribution is -2.16. The highest BCUT2D eigenvalue weighted by Crippen LogP contribution is 2.33. The Bertz CT molecular complexity index is 1370. The number of rotatable bonds is 12. The van der Waals surface area contributed by atoms with Gasteiger partial charge in [-0.05, 0) is 56.5 Å². The summed E-state index contributed by atoms with van der Waals surface area (Å²) in [7, 11) is 0. The Morgan fingerprint density at radius 1 is 1.19 bits per heavy atom. The van der Waals surface area contributed by atoms with Crippen LogP contribution in [0.15, 0.2) is 36.5 Å². The van der Waals surface area contributed by atoms with E-state index in [0.717, 1.165) is 25.3 Å². The number of carbonyl (C=O) groups is 1. The molecule has 42 heavy (non-hydrogen) atoms. The first-order valence-electron chi connectivity index (χ1n) is 13.4. The molecule has 2 unspecified atom stereocenters. The van der Waals surface area contributed by atoms with E-state index in [-0.39, 0.29) is 18.3 Å². The van der Waals surface area contributed by atoms with Gasteiger partial charge in [0.25, 0.3) is 6.47 Å². The van der Waals surface area contributed by atoms with E-state index in [1.54, 1.807) is 18.3 Å². The molecule has 0 saturated carbocycles. The molecule has 0 fully saturated rings. The number of aliphatic hydroxyl groups excluding tert-OH is 1. The largest absolute Gasteiger partial charge is 0.573 e. The van der Waals surface area contributed by atoms with Gasteiger partial charge in [0.2, 0.25) is 5.95 Å². The zero-order valence-corrected chi connectivity index (χ0v) is 25.1. The number of hydrogen-bond donors (Lipinski definition) is 5. The Morgan fingerprint density at radius 3 is 2.55 bits per heavy atom. The quantitative estimate of drug-likeness (QED) is 0.0650. The van der Waals surface area contributed by atoms with Crippen molar-refractivity contribution in [1.29, 1.82) is 0 Å². The number of pyridine rings is 1. The minimum Gasteiger partial charge on any atom is -0.483 e. The highest BCUT2D eigenvalue weighted by molar-refractivity contribution is 7.78. The lowest BCUT2D eigenvalue weighted by Gasteiger charge is -2.17. The Balaban J connectivity index is 0.000000310. The first-order valence-corrected chi connectivity index (χ1v) is 14.6. The number of benzene rings is 1. The average Bonchev–Trinajstić information content (AvgIpc) is 3.46. The Kier molecular flexibility index (Phi) is 14.8. The average molecular weight is 631 g/mol. The maximum Gasteiger partial charge on any atom is 0.573 e. The normalized spacial score (nSPS) is 12.6. The van der Waals surface area contributed by atoms with Crippen molar-refractivity contribution in [1.82, 2.24) is 18.9 Å². The molecule has 4 aromatic rings. The molecule has 5 N–H and O–H groups in total. The van der Waals surface area contributed by atoms with E-state index >= 15 is 0 Å². The number of fused-ring (bicyclic) bond motifs is 2. The molecule has 0 aliphatic rings. The van der Waals surface area contributed by atoms with Crippen LogP contribution in [-0.4, -0.2) is 54.6 Å². The van der Waals surface area contributed by atoms with Crippen LogP contribution in [-0.2, 0) is 4.79 Å². The van der Waals surface area contributed by atoms with Gasteiger partial charge < -0.3 is 26.0 Å². The second-order valence-corrected chi connectivity index (χ2v) is 10.8. The molecule has 15 heteroatoms. The molecule has 2 atom stereocenters. The van der Waals surface area contributed by atoms with E-state index in [4.69, 9.17) is 15.6 Å². The third kappa shape index (κ3) is 12.0. The smallest absolute Gasteiger partial charge is 0.483 e. The van der Waals surface area contributed by atoms with E-state index in [9.17, 15) is 18.3 Å². The molecule has 4 rings (SSSR count).